The molecule has 1 aliphatic heterocycles. The fourth-order valence-corrected chi connectivity index (χ4v) is 2.54. The van der Waals surface area contributed by atoms with Crippen LogP contribution in [0.5, 0.6) is 28.7 Å². The topological polar surface area (TPSA) is 87.6 Å². The van der Waals surface area contributed by atoms with E-state index >= 15 is 0 Å². The number of hydrogen-bond donors (Lipinski definition) is 1. The molecule has 1 heterocycles. The van der Waals surface area contributed by atoms with E-state index in [2.05, 4.69) is 10.5 Å². The van der Waals surface area contributed by atoms with Crippen LogP contribution < -0.4 is 29.1 Å². The van der Waals surface area contributed by atoms with Gasteiger partial charge in [0.05, 0.1) is 27.5 Å². The summed E-state index contributed by atoms with van der Waals surface area (Å²) in [6.45, 7) is 0.933. The highest BCUT2D eigenvalue weighted by atomic mass is 16.6. The molecule has 0 saturated heterocycles. The molecule has 1 amide bonds. The highest BCUT2D eigenvalue weighted by Crippen LogP contribution is 2.39. The minimum absolute atomic E-state index is 0.364. The number of hydrogen-bond acceptors (Lipinski definition) is 7. The van der Waals surface area contributed by atoms with Crippen LogP contribution >= 0.6 is 0 Å². The molecule has 2 aromatic carbocycles. The molecule has 3 rings (SSSR count). The third-order valence-electron chi connectivity index (χ3n) is 3.84. The van der Waals surface area contributed by atoms with E-state index in [0.29, 0.717) is 53.1 Å². The Hall–Kier alpha value is -3.42. The van der Waals surface area contributed by atoms with Crippen LogP contribution in [0, 0.1) is 0 Å². The summed E-state index contributed by atoms with van der Waals surface area (Å²) in [5, 5.41) is 4.00. The summed E-state index contributed by atoms with van der Waals surface area (Å²) < 4.78 is 26.8. The van der Waals surface area contributed by atoms with Gasteiger partial charge in [-0.3, -0.25) is 4.79 Å². The summed E-state index contributed by atoms with van der Waals surface area (Å²) in [7, 11) is 4.58. The average Bonchev–Trinajstić information content (AvgIpc) is 2.72. The van der Waals surface area contributed by atoms with Crippen LogP contribution in [0.3, 0.4) is 0 Å². The molecule has 142 valence electrons. The summed E-state index contributed by atoms with van der Waals surface area (Å²) in [6.07, 6.45) is 1.50. The first-order valence-electron chi connectivity index (χ1n) is 8.18. The van der Waals surface area contributed by atoms with Crippen LogP contribution in [0.15, 0.2) is 35.4 Å². The third kappa shape index (κ3) is 4.22. The van der Waals surface area contributed by atoms with E-state index in [1.54, 1.807) is 37.4 Å². The van der Waals surface area contributed by atoms with Gasteiger partial charge in [-0.05, 0) is 24.3 Å². The lowest BCUT2D eigenvalue weighted by Crippen LogP contribution is -2.18. The van der Waals surface area contributed by atoms with Crippen molar-refractivity contribution in [2.75, 3.05) is 34.5 Å². The number of ether oxygens (including phenoxy) is 5. The van der Waals surface area contributed by atoms with Crippen molar-refractivity contribution < 1.29 is 28.5 Å². The number of benzene rings is 2. The molecule has 0 atom stereocenters. The smallest absolute Gasteiger partial charge is 0.271 e. The molecule has 0 spiro atoms. The standard InChI is InChI=1S/C19H20N2O6/c1-23-14-8-13(9-15(10-14)24-2)19(22)21-20-11-12-6-16(25-3)18-17(7-12)26-4-5-27-18/h6-11H,4-5H2,1-3H3,(H,21,22)/b20-11-. The SMILES string of the molecule is COc1cc(OC)cc(C(=O)N/N=C\c2cc(OC)c3c(c2)OCCO3)c1. The second kappa shape index (κ2) is 8.31. The number of nitrogens with zero attached hydrogens (tertiary/aromatic N) is 1. The largest absolute Gasteiger partial charge is 0.497 e. The first-order valence-corrected chi connectivity index (χ1v) is 8.18. The molecule has 0 aromatic heterocycles. The highest BCUT2D eigenvalue weighted by Gasteiger charge is 2.18. The maximum Gasteiger partial charge on any atom is 0.271 e. The number of methoxy groups -OCH3 is 3. The van der Waals surface area contributed by atoms with Gasteiger partial charge in [0.2, 0.25) is 5.75 Å². The number of amides is 1. The van der Waals surface area contributed by atoms with E-state index in [-0.39, 0.29) is 0 Å². The lowest BCUT2D eigenvalue weighted by molar-refractivity contribution is 0.0954. The Bertz CT molecular complexity index is 826. The van der Waals surface area contributed by atoms with Crippen LogP contribution in [-0.2, 0) is 0 Å². The molecule has 0 radical (unpaired) electrons. The van der Waals surface area contributed by atoms with E-state index in [1.165, 1.54) is 20.4 Å². The zero-order valence-electron chi connectivity index (χ0n) is 15.3. The molecule has 0 fully saturated rings. The molecule has 0 saturated carbocycles. The van der Waals surface area contributed by atoms with Gasteiger partial charge >= 0.3 is 0 Å². The Kier molecular flexibility index (Phi) is 5.65. The number of carbonyl (C=O) groups excluding carboxylic acids is 1. The van der Waals surface area contributed by atoms with E-state index in [0.717, 1.165) is 0 Å². The van der Waals surface area contributed by atoms with Crippen LogP contribution in [-0.4, -0.2) is 46.7 Å². The number of nitrogens with one attached hydrogen (secondary N) is 1. The quantitative estimate of drug-likeness (QED) is 0.618. The van der Waals surface area contributed by atoms with Crippen molar-refractivity contribution in [3.63, 3.8) is 0 Å². The predicted molar refractivity (Wildman–Crippen MR) is 98.6 cm³/mol. The lowest BCUT2D eigenvalue weighted by Gasteiger charge is -2.20. The van der Waals surface area contributed by atoms with Crippen LogP contribution in [0.4, 0.5) is 0 Å². The van der Waals surface area contributed by atoms with Crippen LogP contribution in [0.1, 0.15) is 15.9 Å². The van der Waals surface area contributed by atoms with Crippen molar-refractivity contribution in [3.8, 4) is 28.7 Å². The molecule has 2 aromatic rings. The van der Waals surface area contributed by atoms with E-state index in [9.17, 15) is 4.79 Å². The van der Waals surface area contributed by atoms with Gasteiger partial charge in [0.1, 0.15) is 24.7 Å². The van der Waals surface area contributed by atoms with Gasteiger partial charge in [0.15, 0.2) is 11.5 Å². The summed E-state index contributed by atoms with van der Waals surface area (Å²) in [4.78, 5) is 12.3. The van der Waals surface area contributed by atoms with Crippen molar-refractivity contribution in [2.24, 2.45) is 5.10 Å². The molecule has 27 heavy (non-hydrogen) atoms. The number of carbonyl (C=O) groups is 1. The summed E-state index contributed by atoms with van der Waals surface area (Å²) in [5.41, 5.74) is 3.53. The monoisotopic (exact) mass is 372 g/mol. The lowest BCUT2D eigenvalue weighted by atomic mass is 10.2. The molecule has 0 aliphatic carbocycles. The molecule has 8 nitrogen and oxygen atoms in total. The maximum absolute atomic E-state index is 12.3. The number of hydrazone groups is 1. The van der Waals surface area contributed by atoms with Gasteiger partial charge < -0.3 is 23.7 Å². The average molecular weight is 372 g/mol. The molecular weight excluding hydrogens is 352 g/mol. The first-order chi connectivity index (χ1) is 13.1. The van der Waals surface area contributed by atoms with E-state index in [4.69, 9.17) is 23.7 Å². The van der Waals surface area contributed by atoms with Gasteiger partial charge in [-0.25, -0.2) is 5.43 Å². The molecule has 1 aliphatic rings. The fourth-order valence-electron chi connectivity index (χ4n) is 2.54. The second-order valence-corrected chi connectivity index (χ2v) is 5.55. The zero-order chi connectivity index (χ0) is 19.2. The second-order valence-electron chi connectivity index (χ2n) is 5.55. The van der Waals surface area contributed by atoms with Crippen molar-refractivity contribution >= 4 is 12.1 Å². The normalized spacial score (nSPS) is 12.6. The van der Waals surface area contributed by atoms with Crippen molar-refractivity contribution in [1.29, 1.82) is 0 Å². The van der Waals surface area contributed by atoms with Gasteiger partial charge in [-0.1, -0.05) is 0 Å². The van der Waals surface area contributed by atoms with E-state index in [1.807, 2.05) is 0 Å². The Morgan fingerprint density at radius 2 is 1.70 bits per heavy atom. The fraction of sp³-hybridized carbons (Fsp3) is 0.263. The van der Waals surface area contributed by atoms with Crippen molar-refractivity contribution in [3.05, 3.63) is 41.5 Å². The molecule has 0 unspecified atom stereocenters. The summed E-state index contributed by atoms with van der Waals surface area (Å²) >= 11 is 0. The number of fused-ring (bicyclic) bond motifs is 1. The third-order valence-corrected chi connectivity index (χ3v) is 3.84. The van der Waals surface area contributed by atoms with Gasteiger partial charge in [0.25, 0.3) is 5.91 Å². The predicted octanol–water partition coefficient (Wildman–Crippen LogP) is 2.25. The van der Waals surface area contributed by atoms with Gasteiger partial charge in [-0.2, -0.15) is 5.10 Å². The Balaban J connectivity index is 1.75. The van der Waals surface area contributed by atoms with Gasteiger partial charge in [-0.15, -0.1) is 0 Å². The maximum atomic E-state index is 12.3. The van der Waals surface area contributed by atoms with Crippen LogP contribution in [0.2, 0.25) is 0 Å². The Labute approximate surface area is 156 Å². The van der Waals surface area contributed by atoms with Crippen LogP contribution in [0.25, 0.3) is 0 Å². The minimum Gasteiger partial charge on any atom is -0.497 e. The van der Waals surface area contributed by atoms with Gasteiger partial charge in [0, 0.05) is 17.2 Å². The molecular formula is C19H20N2O6. The Morgan fingerprint density at radius 3 is 2.37 bits per heavy atom. The minimum atomic E-state index is -0.395. The van der Waals surface area contributed by atoms with Crippen molar-refractivity contribution in [2.45, 2.75) is 0 Å². The van der Waals surface area contributed by atoms with Crippen molar-refractivity contribution in [1.82, 2.24) is 5.43 Å². The zero-order valence-corrected chi connectivity index (χ0v) is 15.3. The Morgan fingerprint density at radius 1 is 1.00 bits per heavy atom. The summed E-state index contributed by atoms with van der Waals surface area (Å²) in [6, 6.07) is 8.39. The molecule has 8 heteroatoms. The molecule has 0 bridgehead atoms. The number of rotatable bonds is 6. The first kappa shape index (κ1) is 18.4. The highest BCUT2D eigenvalue weighted by molar-refractivity contribution is 5.95. The van der Waals surface area contributed by atoms with E-state index < -0.39 is 5.91 Å². The summed E-state index contributed by atoms with van der Waals surface area (Å²) in [5.74, 6) is 2.31. The molecule has 1 N–H and O–H groups in total.